The number of ketones is 1. The monoisotopic (exact) mass is 280 g/mol. The molecule has 2 aromatic heterocycles. The van der Waals surface area contributed by atoms with Crippen LogP contribution in [0.1, 0.15) is 40.1 Å². The van der Waals surface area contributed by atoms with E-state index in [2.05, 4.69) is 5.16 Å². The molecule has 0 aliphatic heterocycles. The van der Waals surface area contributed by atoms with Gasteiger partial charge in [-0.25, -0.2) is 0 Å². The number of Topliss-reactive ketones (excluding diaryl/α,β-unsaturated/α-hetero) is 1. The SMILES string of the molecule is Cc1cc(Cn2c(C)cc(C(=O)C(C)Cl)c2C)on1. The van der Waals surface area contributed by atoms with Crippen molar-refractivity contribution in [3.8, 4) is 0 Å². The highest BCUT2D eigenvalue weighted by Crippen LogP contribution is 2.20. The Bertz CT molecular complexity index is 611. The zero-order valence-corrected chi connectivity index (χ0v) is 12.3. The van der Waals surface area contributed by atoms with Crippen LogP contribution in [-0.4, -0.2) is 20.9 Å². The summed E-state index contributed by atoms with van der Waals surface area (Å²) in [5.74, 6) is 0.729. The number of hydrogen-bond donors (Lipinski definition) is 0. The molecule has 0 radical (unpaired) electrons. The van der Waals surface area contributed by atoms with Gasteiger partial charge >= 0.3 is 0 Å². The van der Waals surface area contributed by atoms with Crippen LogP contribution in [-0.2, 0) is 6.54 Å². The van der Waals surface area contributed by atoms with E-state index in [1.54, 1.807) is 6.92 Å². The molecule has 0 saturated carbocycles. The molecule has 1 atom stereocenters. The minimum Gasteiger partial charge on any atom is -0.359 e. The van der Waals surface area contributed by atoms with Crippen LogP contribution in [0, 0.1) is 20.8 Å². The Hall–Kier alpha value is -1.55. The van der Waals surface area contributed by atoms with Crippen molar-refractivity contribution < 1.29 is 9.32 Å². The number of nitrogens with zero attached hydrogens (tertiary/aromatic N) is 2. The standard InChI is InChI=1S/C14H17ClN2O2/c1-8-5-12(19-16-8)7-17-9(2)6-13(11(17)4)14(18)10(3)15/h5-6,10H,7H2,1-4H3. The van der Waals surface area contributed by atoms with E-state index in [4.69, 9.17) is 16.1 Å². The first-order chi connectivity index (χ1) is 8.90. The summed E-state index contributed by atoms with van der Waals surface area (Å²) in [4.78, 5) is 12.0. The van der Waals surface area contributed by atoms with Crippen molar-refractivity contribution in [2.24, 2.45) is 0 Å². The molecule has 4 nitrogen and oxygen atoms in total. The smallest absolute Gasteiger partial charge is 0.182 e. The van der Waals surface area contributed by atoms with Crippen molar-refractivity contribution in [1.29, 1.82) is 0 Å². The molecule has 0 aromatic carbocycles. The first-order valence-electron chi connectivity index (χ1n) is 6.17. The molecule has 2 aromatic rings. The maximum Gasteiger partial charge on any atom is 0.182 e. The fraction of sp³-hybridized carbons (Fsp3) is 0.429. The predicted octanol–water partition coefficient (Wildman–Crippen LogP) is 3.26. The van der Waals surface area contributed by atoms with E-state index < -0.39 is 5.38 Å². The van der Waals surface area contributed by atoms with Gasteiger partial charge in [-0.05, 0) is 33.8 Å². The predicted molar refractivity (Wildman–Crippen MR) is 73.9 cm³/mol. The zero-order valence-electron chi connectivity index (χ0n) is 11.5. The van der Waals surface area contributed by atoms with Crippen LogP contribution in [0.25, 0.3) is 0 Å². The maximum atomic E-state index is 12.0. The van der Waals surface area contributed by atoms with E-state index in [0.717, 1.165) is 22.8 Å². The molecule has 0 bridgehead atoms. The number of alkyl halides is 1. The van der Waals surface area contributed by atoms with Gasteiger partial charge in [0.2, 0.25) is 0 Å². The average Bonchev–Trinajstić information content (AvgIpc) is 2.87. The van der Waals surface area contributed by atoms with E-state index in [0.29, 0.717) is 12.1 Å². The lowest BCUT2D eigenvalue weighted by molar-refractivity contribution is 0.0991. The van der Waals surface area contributed by atoms with Crippen molar-refractivity contribution in [1.82, 2.24) is 9.72 Å². The summed E-state index contributed by atoms with van der Waals surface area (Å²) < 4.78 is 7.25. The van der Waals surface area contributed by atoms with Crippen molar-refractivity contribution >= 4 is 17.4 Å². The molecule has 1 unspecified atom stereocenters. The minimum absolute atomic E-state index is 0.0465. The Morgan fingerprint density at radius 3 is 2.63 bits per heavy atom. The van der Waals surface area contributed by atoms with Crippen LogP contribution in [0.5, 0.6) is 0 Å². The fourth-order valence-corrected chi connectivity index (χ4v) is 2.27. The number of aryl methyl sites for hydroxylation is 2. The normalized spacial score (nSPS) is 12.7. The first-order valence-corrected chi connectivity index (χ1v) is 6.61. The molecule has 5 heteroatoms. The lowest BCUT2D eigenvalue weighted by Gasteiger charge is -2.07. The van der Waals surface area contributed by atoms with E-state index >= 15 is 0 Å². The number of halogens is 1. The number of carbonyl (C=O) groups excluding carboxylic acids is 1. The number of carbonyl (C=O) groups is 1. The van der Waals surface area contributed by atoms with Gasteiger partial charge in [0.1, 0.15) is 0 Å². The second-order valence-corrected chi connectivity index (χ2v) is 5.44. The molecule has 102 valence electrons. The molecule has 2 heterocycles. The van der Waals surface area contributed by atoms with E-state index in [-0.39, 0.29) is 5.78 Å². The van der Waals surface area contributed by atoms with Gasteiger partial charge in [-0.15, -0.1) is 11.6 Å². The van der Waals surface area contributed by atoms with Gasteiger partial charge in [-0.3, -0.25) is 4.79 Å². The van der Waals surface area contributed by atoms with Gasteiger partial charge < -0.3 is 9.09 Å². The van der Waals surface area contributed by atoms with Gasteiger partial charge in [0.15, 0.2) is 11.5 Å². The highest BCUT2D eigenvalue weighted by molar-refractivity contribution is 6.33. The lowest BCUT2D eigenvalue weighted by atomic mass is 10.1. The minimum atomic E-state index is -0.513. The molecule has 0 N–H and O–H groups in total. The zero-order chi connectivity index (χ0) is 14.2. The molecule has 0 aliphatic rings. The molecule has 0 aliphatic carbocycles. The molecule has 0 saturated heterocycles. The quantitative estimate of drug-likeness (QED) is 0.638. The van der Waals surface area contributed by atoms with Crippen molar-refractivity contribution in [2.75, 3.05) is 0 Å². The largest absolute Gasteiger partial charge is 0.359 e. The Morgan fingerprint density at radius 2 is 2.11 bits per heavy atom. The maximum absolute atomic E-state index is 12.0. The van der Waals surface area contributed by atoms with E-state index in [9.17, 15) is 4.79 Å². The third-order valence-electron chi connectivity index (χ3n) is 3.19. The summed E-state index contributed by atoms with van der Waals surface area (Å²) in [5, 5.41) is 3.35. The van der Waals surface area contributed by atoms with Gasteiger partial charge in [-0.1, -0.05) is 5.16 Å². The number of aromatic nitrogens is 2. The van der Waals surface area contributed by atoms with Gasteiger partial charge in [0.25, 0.3) is 0 Å². The summed E-state index contributed by atoms with van der Waals surface area (Å²) in [6.07, 6.45) is 0. The highest BCUT2D eigenvalue weighted by Gasteiger charge is 2.19. The molecular weight excluding hydrogens is 264 g/mol. The second kappa shape index (κ2) is 5.21. The van der Waals surface area contributed by atoms with E-state index in [1.807, 2.05) is 37.5 Å². The van der Waals surface area contributed by atoms with Crippen LogP contribution in [0.3, 0.4) is 0 Å². The van der Waals surface area contributed by atoms with Crippen molar-refractivity contribution in [2.45, 2.75) is 39.6 Å². The van der Waals surface area contributed by atoms with Crippen LogP contribution < -0.4 is 0 Å². The molecule has 0 spiro atoms. The number of rotatable bonds is 4. The van der Waals surface area contributed by atoms with Crippen LogP contribution >= 0.6 is 11.6 Å². The second-order valence-electron chi connectivity index (χ2n) is 4.79. The Kier molecular flexibility index (Phi) is 3.80. The Balaban J connectivity index is 2.34. The molecular formula is C14H17ClN2O2. The summed E-state index contributed by atoms with van der Waals surface area (Å²) in [6.45, 7) is 8.03. The Labute approximate surface area is 117 Å². The topological polar surface area (TPSA) is 48.0 Å². The molecule has 0 amide bonds. The lowest BCUT2D eigenvalue weighted by Crippen LogP contribution is -2.12. The summed E-state index contributed by atoms with van der Waals surface area (Å²) in [5.41, 5.74) is 3.44. The number of hydrogen-bond acceptors (Lipinski definition) is 3. The first kappa shape index (κ1) is 13.9. The van der Waals surface area contributed by atoms with Gasteiger partial charge in [0.05, 0.1) is 17.6 Å². The third-order valence-corrected chi connectivity index (χ3v) is 3.39. The van der Waals surface area contributed by atoms with E-state index in [1.165, 1.54) is 0 Å². The van der Waals surface area contributed by atoms with Crippen LogP contribution in [0.4, 0.5) is 0 Å². The van der Waals surface area contributed by atoms with Gasteiger partial charge in [-0.2, -0.15) is 0 Å². The fourth-order valence-electron chi connectivity index (χ4n) is 2.15. The van der Waals surface area contributed by atoms with Crippen LogP contribution in [0.15, 0.2) is 16.7 Å². The van der Waals surface area contributed by atoms with Gasteiger partial charge in [0, 0.05) is 23.0 Å². The molecule has 19 heavy (non-hydrogen) atoms. The summed E-state index contributed by atoms with van der Waals surface area (Å²) >= 11 is 5.87. The summed E-state index contributed by atoms with van der Waals surface area (Å²) in [7, 11) is 0. The van der Waals surface area contributed by atoms with Crippen molar-refractivity contribution in [3.63, 3.8) is 0 Å². The molecule has 0 fully saturated rings. The third kappa shape index (κ3) is 2.73. The summed E-state index contributed by atoms with van der Waals surface area (Å²) in [6, 6.07) is 3.77. The average molecular weight is 281 g/mol. The van der Waals surface area contributed by atoms with Crippen LogP contribution in [0.2, 0.25) is 0 Å². The Morgan fingerprint density at radius 1 is 1.42 bits per heavy atom. The van der Waals surface area contributed by atoms with Crippen molar-refractivity contribution in [3.05, 3.63) is 40.5 Å². The highest BCUT2D eigenvalue weighted by atomic mass is 35.5. The molecule has 2 rings (SSSR count).